The Hall–Kier alpha value is -2.57. The molecule has 2 aromatic heterocycles. The molecule has 0 radical (unpaired) electrons. The summed E-state index contributed by atoms with van der Waals surface area (Å²) in [6.07, 6.45) is 5.01. The normalized spacial score (nSPS) is 11.4. The maximum Gasteiger partial charge on any atom is 0.240 e. The van der Waals surface area contributed by atoms with E-state index in [1.54, 1.807) is 55.0 Å². The van der Waals surface area contributed by atoms with Gasteiger partial charge in [0.05, 0.1) is 4.90 Å². The molecule has 5 nitrogen and oxygen atoms in total. The lowest BCUT2D eigenvalue weighted by atomic mass is 10.1. The van der Waals surface area contributed by atoms with Crippen LogP contribution in [0.3, 0.4) is 0 Å². The van der Waals surface area contributed by atoms with Crippen LogP contribution in [0.4, 0.5) is 0 Å². The number of pyridine rings is 2. The standard InChI is InChI=1S/C18H17N3O2S/c1-14-12-17(8-11-20-14)16-2-4-18(5-3-16)24(22,23)21-13-15-6-9-19-10-7-15/h2-12,21H,13H2,1H3. The Morgan fingerprint density at radius 2 is 1.62 bits per heavy atom. The first kappa shape index (κ1) is 16.3. The topological polar surface area (TPSA) is 72.0 Å². The van der Waals surface area contributed by atoms with Gasteiger partial charge in [-0.25, -0.2) is 13.1 Å². The van der Waals surface area contributed by atoms with Gasteiger partial charge in [0, 0.05) is 30.8 Å². The van der Waals surface area contributed by atoms with Crippen LogP contribution in [0, 0.1) is 6.92 Å². The highest BCUT2D eigenvalue weighted by Crippen LogP contribution is 2.21. The molecule has 0 unspecified atom stereocenters. The highest BCUT2D eigenvalue weighted by Gasteiger charge is 2.13. The summed E-state index contributed by atoms with van der Waals surface area (Å²) in [6, 6.07) is 14.2. The van der Waals surface area contributed by atoms with E-state index in [-0.39, 0.29) is 11.4 Å². The van der Waals surface area contributed by atoms with E-state index >= 15 is 0 Å². The number of hydrogen-bond donors (Lipinski definition) is 1. The van der Waals surface area contributed by atoms with E-state index in [9.17, 15) is 8.42 Å². The fraction of sp³-hybridized carbons (Fsp3) is 0.111. The minimum atomic E-state index is -3.55. The Kier molecular flexibility index (Phi) is 4.69. The van der Waals surface area contributed by atoms with Crippen molar-refractivity contribution in [2.45, 2.75) is 18.4 Å². The van der Waals surface area contributed by atoms with E-state index < -0.39 is 10.0 Å². The lowest BCUT2D eigenvalue weighted by Crippen LogP contribution is -2.23. The molecule has 6 heteroatoms. The van der Waals surface area contributed by atoms with E-state index in [1.807, 2.05) is 19.1 Å². The molecule has 0 aliphatic heterocycles. The maximum absolute atomic E-state index is 12.4. The van der Waals surface area contributed by atoms with Crippen LogP contribution in [0.25, 0.3) is 11.1 Å². The van der Waals surface area contributed by atoms with Gasteiger partial charge in [0.25, 0.3) is 0 Å². The largest absolute Gasteiger partial charge is 0.265 e. The average Bonchev–Trinajstić information content (AvgIpc) is 2.61. The van der Waals surface area contributed by atoms with Crippen LogP contribution in [0.2, 0.25) is 0 Å². The van der Waals surface area contributed by atoms with Gasteiger partial charge < -0.3 is 0 Å². The predicted molar refractivity (Wildman–Crippen MR) is 92.7 cm³/mol. The summed E-state index contributed by atoms with van der Waals surface area (Å²) < 4.78 is 27.3. The van der Waals surface area contributed by atoms with Gasteiger partial charge in [-0.05, 0) is 60.0 Å². The van der Waals surface area contributed by atoms with Crippen molar-refractivity contribution in [3.63, 3.8) is 0 Å². The van der Waals surface area contributed by atoms with E-state index in [4.69, 9.17) is 0 Å². The van der Waals surface area contributed by atoms with Crippen molar-refractivity contribution in [1.29, 1.82) is 0 Å². The fourth-order valence-electron chi connectivity index (χ4n) is 2.31. The molecule has 2 heterocycles. The summed E-state index contributed by atoms with van der Waals surface area (Å²) >= 11 is 0. The van der Waals surface area contributed by atoms with Gasteiger partial charge in [0.2, 0.25) is 10.0 Å². The Morgan fingerprint density at radius 3 is 2.29 bits per heavy atom. The first-order chi connectivity index (χ1) is 11.5. The van der Waals surface area contributed by atoms with Crippen LogP contribution >= 0.6 is 0 Å². The van der Waals surface area contributed by atoms with E-state index in [2.05, 4.69) is 14.7 Å². The number of rotatable bonds is 5. The second-order valence-corrected chi connectivity index (χ2v) is 7.16. The van der Waals surface area contributed by atoms with Gasteiger partial charge in [-0.3, -0.25) is 9.97 Å². The van der Waals surface area contributed by atoms with Crippen molar-refractivity contribution in [1.82, 2.24) is 14.7 Å². The molecule has 0 bridgehead atoms. The molecule has 0 atom stereocenters. The molecule has 1 aromatic carbocycles. The molecule has 0 saturated heterocycles. The molecule has 0 saturated carbocycles. The zero-order chi connectivity index (χ0) is 17.0. The van der Waals surface area contributed by atoms with Gasteiger partial charge in [0.15, 0.2) is 0 Å². The third-order valence-electron chi connectivity index (χ3n) is 3.61. The molecule has 0 aliphatic carbocycles. The van der Waals surface area contributed by atoms with Gasteiger partial charge in [-0.15, -0.1) is 0 Å². The van der Waals surface area contributed by atoms with Crippen molar-refractivity contribution in [3.05, 3.63) is 78.4 Å². The quantitative estimate of drug-likeness (QED) is 0.776. The Bertz CT molecular complexity index is 924. The predicted octanol–water partition coefficient (Wildman–Crippen LogP) is 2.93. The molecular weight excluding hydrogens is 322 g/mol. The van der Waals surface area contributed by atoms with Crippen molar-refractivity contribution in [3.8, 4) is 11.1 Å². The first-order valence-corrected chi connectivity index (χ1v) is 8.94. The number of benzene rings is 1. The smallest absolute Gasteiger partial charge is 0.240 e. The highest BCUT2D eigenvalue weighted by atomic mass is 32.2. The van der Waals surface area contributed by atoms with Crippen LogP contribution in [0.15, 0.2) is 72.0 Å². The van der Waals surface area contributed by atoms with Gasteiger partial charge in [-0.1, -0.05) is 12.1 Å². The molecule has 3 rings (SSSR count). The van der Waals surface area contributed by atoms with Crippen LogP contribution in [-0.4, -0.2) is 18.4 Å². The summed E-state index contributed by atoms with van der Waals surface area (Å²) in [5.41, 5.74) is 3.74. The molecule has 0 aliphatic rings. The van der Waals surface area contributed by atoms with E-state index in [0.29, 0.717) is 0 Å². The Morgan fingerprint density at radius 1 is 0.917 bits per heavy atom. The van der Waals surface area contributed by atoms with Crippen LogP contribution < -0.4 is 4.72 Å². The minimum Gasteiger partial charge on any atom is -0.265 e. The average molecular weight is 339 g/mol. The lowest BCUT2D eigenvalue weighted by molar-refractivity contribution is 0.581. The van der Waals surface area contributed by atoms with E-state index in [0.717, 1.165) is 22.4 Å². The summed E-state index contributed by atoms with van der Waals surface area (Å²) in [5, 5.41) is 0. The fourth-order valence-corrected chi connectivity index (χ4v) is 3.33. The third kappa shape index (κ3) is 3.84. The summed E-state index contributed by atoms with van der Waals surface area (Å²) in [4.78, 5) is 8.32. The van der Waals surface area contributed by atoms with Gasteiger partial charge >= 0.3 is 0 Å². The van der Waals surface area contributed by atoms with Gasteiger partial charge in [-0.2, -0.15) is 0 Å². The van der Waals surface area contributed by atoms with Crippen LogP contribution in [0.1, 0.15) is 11.3 Å². The number of aryl methyl sites for hydroxylation is 1. The molecular formula is C18H17N3O2S. The zero-order valence-electron chi connectivity index (χ0n) is 13.2. The highest BCUT2D eigenvalue weighted by molar-refractivity contribution is 7.89. The van der Waals surface area contributed by atoms with E-state index in [1.165, 1.54) is 0 Å². The van der Waals surface area contributed by atoms with Crippen molar-refractivity contribution in [2.24, 2.45) is 0 Å². The lowest BCUT2D eigenvalue weighted by Gasteiger charge is -2.08. The van der Waals surface area contributed by atoms with Crippen LogP contribution in [-0.2, 0) is 16.6 Å². The summed E-state index contributed by atoms with van der Waals surface area (Å²) in [6.45, 7) is 2.15. The monoisotopic (exact) mass is 339 g/mol. The zero-order valence-corrected chi connectivity index (χ0v) is 14.0. The number of nitrogens with zero attached hydrogens (tertiary/aromatic N) is 2. The maximum atomic E-state index is 12.4. The molecule has 1 N–H and O–H groups in total. The first-order valence-electron chi connectivity index (χ1n) is 7.46. The molecule has 0 amide bonds. The van der Waals surface area contributed by atoms with Gasteiger partial charge in [0.1, 0.15) is 0 Å². The number of hydrogen-bond acceptors (Lipinski definition) is 4. The second-order valence-electron chi connectivity index (χ2n) is 5.39. The summed E-state index contributed by atoms with van der Waals surface area (Å²) in [7, 11) is -3.55. The number of nitrogens with one attached hydrogen (secondary N) is 1. The number of aromatic nitrogens is 2. The molecule has 0 fully saturated rings. The SMILES string of the molecule is Cc1cc(-c2ccc(S(=O)(=O)NCc3ccncc3)cc2)ccn1. The minimum absolute atomic E-state index is 0.232. The molecule has 122 valence electrons. The summed E-state index contributed by atoms with van der Waals surface area (Å²) in [5.74, 6) is 0. The molecule has 3 aromatic rings. The molecule has 24 heavy (non-hydrogen) atoms. The Labute approximate surface area is 141 Å². The third-order valence-corrected chi connectivity index (χ3v) is 5.03. The van der Waals surface area contributed by atoms with Crippen molar-refractivity contribution >= 4 is 10.0 Å². The van der Waals surface area contributed by atoms with Crippen molar-refractivity contribution < 1.29 is 8.42 Å². The van der Waals surface area contributed by atoms with Crippen molar-refractivity contribution in [2.75, 3.05) is 0 Å². The molecule has 0 spiro atoms. The number of sulfonamides is 1. The Balaban J connectivity index is 1.77. The second kappa shape index (κ2) is 6.90. The van der Waals surface area contributed by atoms with Crippen LogP contribution in [0.5, 0.6) is 0 Å².